The summed E-state index contributed by atoms with van der Waals surface area (Å²) in [5, 5.41) is 4.85. The third-order valence-electron chi connectivity index (χ3n) is 4.25. The van der Waals surface area contributed by atoms with Crippen molar-refractivity contribution in [2.75, 3.05) is 6.54 Å². The van der Waals surface area contributed by atoms with Crippen LogP contribution in [0.4, 0.5) is 0 Å². The molecule has 1 nitrogen and oxygen atoms in total. The summed E-state index contributed by atoms with van der Waals surface area (Å²) in [6.45, 7) is 1.06. The molecular formula is C15H19IrN-2. The fraction of sp³-hybridized carbons (Fsp3) is 0.600. The Labute approximate surface area is 118 Å². The molecule has 1 aliphatic heterocycles. The van der Waals surface area contributed by atoms with Crippen LogP contribution in [0.1, 0.15) is 43.7 Å². The summed E-state index contributed by atoms with van der Waals surface area (Å²) in [5.41, 5.74) is 1.32. The Morgan fingerprint density at radius 1 is 1.12 bits per heavy atom. The van der Waals surface area contributed by atoms with E-state index in [-0.39, 0.29) is 20.1 Å². The molecule has 1 aromatic carbocycles. The number of nitrogens with zero attached hydrogens (tertiary/aromatic N) is 1. The minimum atomic E-state index is 0. The van der Waals surface area contributed by atoms with Crippen molar-refractivity contribution in [1.29, 1.82) is 0 Å². The molecule has 1 saturated heterocycles. The maximum absolute atomic E-state index is 4.85. The van der Waals surface area contributed by atoms with Gasteiger partial charge in [-0.1, -0.05) is 38.0 Å². The van der Waals surface area contributed by atoms with Crippen molar-refractivity contribution in [3.8, 4) is 0 Å². The zero-order valence-corrected chi connectivity index (χ0v) is 12.5. The van der Waals surface area contributed by atoms with Gasteiger partial charge in [-0.2, -0.15) is 35.9 Å². The standard InChI is InChI=1S/C15H19N.Ir/c1-2-7-13(8-3-1)15-14-9-5-4-6-12(14)10-11-16-15;/h1-3,7,12,14-15H,4-6,9-11H2;/q-2;. The van der Waals surface area contributed by atoms with Gasteiger partial charge in [0.2, 0.25) is 0 Å². The van der Waals surface area contributed by atoms with Crippen LogP contribution in [-0.4, -0.2) is 6.54 Å². The third-order valence-corrected chi connectivity index (χ3v) is 4.25. The molecule has 0 amide bonds. The molecule has 3 rings (SSSR count). The van der Waals surface area contributed by atoms with Crippen LogP contribution in [0.3, 0.4) is 0 Å². The van der Waals surface area contributed by atoms with Gasteiger partial charge in [0.1, 0.15) is 0 Å². The minimum Gasteiger partial charge on any atom is -0.657 e. The van der Waals surface area contributed by atoms with Gasteiger partial charge in [0.25, 0.3) is 0 Å². The van der Waals surface area contributed by atoms with E-state index in [1.165, 1.54) is 37.7 Å². The summed E-state index contributed by atoms with van der Waals surface area (Å²) in [6.07, 6.45) is 6.98. The minimum absolute atomic E-state index is 0. The van der Waals surface area contributed by atoms with Crippen molar-refractivity contribution in [2.24, 2.45) is 11.8 Å². The molecule has 0 spiro atoms. The molecule has 2 heteroatoms. The van der Waals surface area contributed by atoms with Gasteiger partial charge < -0.3 is 5.32 Å². The van der Waals surface area contributed by atoms with Crippen molar-refractivity contribution in [3.05, 3.63) is 41.2 Å². The average Bonchev–Trinajstić information content (AvgIpc) is 2.39. The molecule has 17 heavy (non-hydrogen) atoms. The normalized spacial score (nSPS) is 32.4. The summed E-state index contributed by atoms with van der Waals surface area (Å²) in [6, 6.07) is 12.2. The van der Waals surface area contributed by atoms with E-state index in [2.05, 4.69) is 18.2 Å². The summed E-state index contributed by atoms with van der Waals surface area (Å²) in [7, 11) is 0. The summed E-state index contributed by atoms with van der Waals surface area (Å²) < 4.78 is 0. The van der Waals surface area contributed by atoms with E-state index in [0.29, 0.717) is 6.04 Å². The molecule has 1 saturated carbocycles. The van der Waals surface area contributed by atoms with E-state index < -0.39 is 0 Å². The second-order valence-corrected chi connectivity index (χ2v) is 5.17. The van der Waals surface area contributed by atoms with Gasteiger partial charge in [-0.15, -0.1) is 12.6 Å². The molecular weight excluding hydrogens is 386 g/mol. The molecule has 95 valence electrons. The smallest absolute Gasteiger partial charge is 0 e. The van der Waals surface area contributed by atoms with Crippen LogP contribution in [0.15, 0.2) is 24.3 Å². The largest absolute Gasteiger partial charge is 0.657 e. The van der Waals surface area contributed by atoms with Crippen LogP contribution in [0.25, 0.3) is 5.32 Å². The van der Waals surface area contributed by atoms with Gasteiger partial charge in [-0.05, 0) is 5.92 Å². The first-order chi connectivity index (χ1) is 7.95. The number of benzene rings is 1. The summed E-state index contributed by atoms with van der Waals surface area (Å²) in [5.74, 6) is 1.74. The second kappa shape index (κ2) is 6.13. The van der Waals surface area contributed by atoms with Crippen LogP contribution in [0, 0.1) is 17.9 Å². The Morgan fingerprint density at radius 3 is 2.82 bits per heavy atom. The van der Waals surface area contributed by atoms with Crippen molar-refractivity contribution < 1.29 is 20.1 Å². The molecule has 2 aliphatic rings. The van der Waals surface area contributed by atoms with E-state index in [0.717, 1.165) is 18.4 Å². The van der Waals surface area contributed by atoms with Crippen molar-refractivity contribution >= 4 is 0 Å². The van der Waals surface area contributed by atoms with Crippen LogP contribution < -0.4 is 0 Å². The molecule has 1 aliphatic carbocycles. The van der Waals surface area contributed by atoms with Crippen molar-refractivity contribution in [3.63, 3.8) is 0 Å². The van der Waals surface area contributed by atoms with Crippen LogP contribution >= 0.6 is 0 Å². The Kier molecular flexibility index (Phi) is 4.78. The molecule has 0 aromatic heterocycles. The molecule has 0 bridgehead atoms. The zero-order valence-electron chi connectivity index (χ0n) is 10.1. The number of piperidine rings is 1. The van der Waals surface area contributed by atoms with Crippen molar-refractivity contribution in [1.82, 2.24) is 0 Å². The van der Waals surface area contributed by atoms with E-state index in [1.54, 1.807) is 0 Å². The molecule has 3 atom stereocenters. The Morgan fingerprint density at radius 2 is 2.00 bits per heavy atom. The first kappa shape index (κ1) is 13.3. The SMILES string of the molecule is [Ir].[c-]1ccccc1C1[N-]CCC2CCCCC21. The Bertz CT molecular complexity index is 336. The van der Waals surface area contributed by atoms with Crippen LogP contribution in [0.2, 0.25) is 0 Å². The molecule has 0 N–H and O–H groups in total. The predicted molar refractivity (Wildman–Crippen MR) is 66.3 cm³/mol. The molecule has 2 fully saturated rings. The fourth-order valence-electron chi connectivity index (χ4n) is 3.45. The first-order valence-electron chi connectivity index (χ1n) is 6.58. The summed E-state index contributed by atoms with van der Waals surface area (Å²) in [4.78, 5) is 0. The van der Waals surface area contributed by atoms with E-state index in [9.17, 15) is 0 Å². The van der Waals surface area contributed by atoms with E-state index >= 15 is 0 Å². The topological polar surface area (TPSA) is 14.1 Å². The number of rotatable bonds is 1. The maximum atomic E-state index is 4.85. The van der Waals surface area contributed by atoms with Gasteiger partial charge in [0.05, 0.1) is 0 Å². The quantitative estimate of drug-likeness (QED) is 0.625. The monoisotopic (exact) mass is 406 g/mol. The molecule has 1 radical (unpaired) electrons. The van der Waals surface area contributed by atoms with Crippen LogP contribution in [-0.2, 0) is 20.1 Å². The number of hydrogen-bond acceptors (Lipinski definition) is 0. The Hall–Kier alpha value is -0.171. The van der Waals surface area contributed by atoms with Gasteiger partial charge >= 0.3 is 0 Å². The van der Waals surface area contributed by atoms with E-state index in [1.807, 2.05) is 12.1 Å². The molecule has 1 heterocycles. The van der Waals surface area contributed by atoms with Gasteiger partial charge in [-0.3, -0.25) is 0 Å². The van der Waals surface area contributed by atoms with E-state index in [4.69, 9.17) is 5.32 Å². The van der Waals surface area contributed by atoms with Crippen molar-refractivity contribution in [2.45, 2.75) is 38.1 Å². The molecule has 3 unspecified atom stereocenters. The van der Waals surface area contributed by atoms with Gasteiger partial charge in [0.15, 0.2) is 0 Å². The second-order valence-electron chi connectivity index (χ2n) is 5.17. The first-order valence-corrected chi connectivity index (χ1v) is 6.58. The third kappa shape index (κ3) is 2.81. The average molecular weight is 406 g/mol. The van der Waals surface area contributed by atoms with Gasteiger partial charge in [0, 0.05) is 20.1 Å². The Balaban J connectivity index is 0.00000108. The number of hydrogen-bond donors (Lipinski definition) is 0. The fourth-order valence-corrected chi connectivity index (χ4v) is 3.45. The van der Waals surface area contributed by atoms with Gasteiger partial charge in [-0.25, -0.2) is 0 Å². The van der Waals surface area contributed by atoms with Crippen LogP contribution in [0.5, 0.6) is 0 Å². The zero-order chi connectivity index (χ0) is 10.8. The summed E-state index contributed by atoms with van der Waals surface area (Å²) >= 11 is 0. The molecule has 1 aromatic rings. The predicted octanol–water partition coefficient (Wildman–Crippen LogP) is 4.11. The maximum Gasteiger partial charge on any atom is 0 e. The number of fused-ring (bicyclic) bond motifs is 1.